The summed E-state index contributed by atoms with van der Waals surface area (Å²) in [7, 11) is 1.74. The van der Waals surface area contributed by atoms with E-state index in [1.165, 1.54) is 23.1 Å². The Bertz CT molecular complexity index is 788. The highest BCUT2D eigenvalue weighted by Gasteiger charge is 2.10. The van der Waals surface area contributed by atoms with Gasteiger partial charge in [-0.25, -0.2) is 4.98 Å². The zero-order valence-corrected chi connectivity index (χ0v) is 12.0. The SMILES string of the molecule is Cc1cc(CSc2nc3ccsc3c(=O)n2C)no1. The number of fused-ring (bicyclic) bond motifs is 1. The van der Waals surface area contributed by atoms with E-state index in [1.54, 1.807) is 11.6 Å². The third-order valence-corrected chi connectivity index (χ3v) is 4.63. The summed E-state index contributed by atoms with van der Waals surface area (Å²) in [5, 5.41) is 6.50. The molecule has 0 aliphatic heterocycles. The predicted octanol–water partition coefficient (Wildman–Crippen LogP) is 2.58. The summed E-state index contributed by atoms with van der Waals surface area (Å²) < 4.78 is 7.29. The molecule has 5 nitrogen and oxygen atoms in total. The minimum absolute atomic E-state index is 0.00108. The first-order valence-corrected chi connectivity index (χ1v) is 7.51. The van der Waals surface area contributed by atoms with Gasteiger partial charge in [0.15, 0.2) is 5.16 Å². The van der Waals surface area contributed by atoms with E-state index in [0.29, 0.717) is 15.6 Å². The number of hydrogen-bond donors (Lipinski definition) is 0. The molecule has 7 heteroatoms. The van der Waals surface area contributed by atoms with E-state index in [9.17, 15) is 4.79 Å². The molecule has 3 aromatic rings. The van der Waals surface area contributed by atoms with E-state index in [1.807, 2.05) is 24.4 Å². The van der Waals surface area contributed by atoms with Crippen molar-refractivity contribution in [3.63, 3.8) is 0 Å². The van der Waals surface area contributed by atoms with E-state index in [0.717, 1.165) is 17.0 Å². The number of aromatic nitrogens is 3. The van der Waals surface area contributed by atoms with Crippen LogP contribution in [0.1, 0.15) is 11.5 Å². The predicted molar refractivity (Wildman–Crippen MR) is 75.7 cm³/mol. The van der Waals surface area contributed by atoms with Gasteiger partial charge >= 0.3 is 0 Å². The molecule has 0 saturated carbocycles. The monoisotopic (exact) mass is 293 g/mol. The summed E-state index contributed by atoms with van der Waals surface area (Å²) in [5.74, 6) is 1.42. The molecule has 98 valence electrons. The summed E-state index contributed by atoms with van der Waals surface area (Å²) >= 11 is 2.90. The van der Waals surface area contributed by atoms with Crippen molar-refractivity contribution < 1.29 is 4.52 Å². The Hall–Kier alpha value is -1.60. The molecular weight excluding hydrogens is 282 g/mol. The van der Waals surface area contributed by atoms with Crippen LogP contribution >= 0.6 is 23.1 Å². The quantitative estimate of drug-likeness (QED) is 0.548. The molecule has 0 radical (unpaired) electrons. The van der Waals surface area contributed by atoms with Crippen molar-refractivity contribution >= 4 is 33.3 Å². The van der Waals surface area contributed by atoms with Gasteiger partial charge in [-0.1, -0.05) is 16.9 Å². The van der Waals surface area contributed by atoms with Crippen LogP contribution < -0.4 is 5.56 Å². The van der Waals surface area contributed by atoms with E-state index < -0.39 is 0 Å². The molecule has 0 aliphatic rings. The minimum Gasteiger partial charge on any atom is -0.361 e. The van der Waals surface area contributed by atoms with Crippen LogP contribution in [0.2, 0.25) is 0 Å². The fraction of sp³-hybridized carbons (Fsp3) is 0.250. The highest BCUT2D eigenvalue weighted by Crippen LogP contribution is 2.22. The first kappa shape index (κ1) is 12.4. The average molecular weight is 293 g/mol. The van der Waals surface area contributed by atoms with Gasteiger partial charge in [-0.3, -0.25) is 9.36 Å². The summed E-state index contributed by atoms with van der Waals surface area (Å²) in [6.45, 7) is 1.85. The van der Waals surface area contributed by atoms with Crippen LogP contribution in [0.5, 0.6) is 0 Å². The number of aryl methyl sites for hydroxylation is 1. The van der Waals surface area contributed by atoms with Gasteiger partial charge in [-0.05, 0) is 18.4 Å². The standard InChI is InChI=1S/C12H11N3O2S2/c1-7-5-8(14-17-7)6-19-12-13-9-3-4-18-10(9)11(16)15(12)2/h3-5H,6H2,1-2H3. The van der Waals surface area contributed by atoms with Crippen LogP contribution in [0.25, 0.3) is 10.2 Å². The van der Waals surface area contributed by atoms with E-state index in [4.69, 9.17) is 4.52 Å². The lowest BCUT2D eigenvalue weighted by atomic mass is 10.4. The van der Waals surface area contributed by atoms with Crippen molar-refractivity contribution in [2.24, 2.45) is 7.05 Å². The maximum Gasteiger partial charge on any atom is 0.271 e. The highest BCUT2D eigenvalue weighted by atomic mass is 32.2. The fourth-order valence-corrected chi connectivity index (χ4v) is 3.38. The Morgan fingerprint density at radius 3 is 3.11 bits per heavy atom. The molecule has 0 aliphatic carbocycles. The number of hydrogen-bond acceptors (Lipinski definition) is 6. The average Bonchev–Trinajstić information content (AvgIpc) is 3.01. The van der Waals surface area contributed by atoms with Crippen molar-refractivity contribution in [1.29, 1.82) is 0 Å². The van der Waals surface area contributed by atoms with Gasteiger partial charge in [0, 0.05) is 18.9 Å². The topological polar surface area (TPSA) is 60.9 Å². The Morgan fingerprint density at radius 2 is 2.37 bits per heavy atom. The molecule has 0 spiro atoms. The molecule has 0 atom stereocenters. The molecule has 3 aromatic heterocycles. The maximum absolute atomic E-state index is 12.1. The second-order valence-electron chi connectivity index (χ2n) is 4.11. The van der Waals surface area contributed by atoms with Crippen LogP contribution in [-0.2, 0) is 12.8 Å². The van der Waals surface area contributed by atoms with Crippen molar-refractivity contribution in [2.45, 2.75) is 17.8 Å². The van der Waals surface area contributed by atoms with Crippen molar-refractivity contribution in [3.8, 4) is 0 Å². The number of rotatable bonds is 3. The summed E-state index contributed by atoms with van der Waals surface area (Å²) in [4.78, 5) is 16.6. The largest absolute Gasteiger partial charge is 0.361 e. The molecule has 3 heterocycles. The molecule has 3 rings (SSSR count). The zero-order chi connectivity index (χ0) is 13.4. The minimum atomic E-state index is -0.00108. The number of nitrogens with zero attached hydrogens (tertiary/aromatic N) is 3. The van der Waals surface area contributed by atoms with E-state index in [-0.39, 0.29) is 5.56 Å². The van der Waals surface area contributed by atoms with Gasteiger partial charge < -0.3 is 4.52 Å². The smallest absolute Gasteiger partial charge is 0.271 e. The normalized spacial score (nSPS) is 11.3. The zero-order valence-electron chi connectivity index (χ0n) is 10.4. The van der Waals surface area contributed by atoms with Gasteiger partial charge in [0.2, 0.25) is 0 Å². The number of thiophene rings is 1. The summed E-state index contributed by atoms with van der Waals surface area (Å²) in [6, 6.07) is 3.75. The van der Waals surface area contributed by atoms with Gasteiger partial charge in [-0.2, -0.15) is 0 Å². The molecule has 0 amide bonds. The summed E-state index contributed by atoms with van der Waals surface area (Å²) in [5.41, 5.74) is 1.60. The van der Waals surface area contributed by atoms with Gasteiger partial charge in [-0.15, -0.1) is 11.3 Å². The summed E-state index contributed by atoms with van der Waals surface area (Å²) in [6.07, 6.45) is 0. The lowest BCUT2D eigenvalue weighted by molar-refractivity contribution is 0.393. The molecule has 0 fully saturated rings. The first-order chi connectivity index (χ1) is 9.15. The van der Waals surface area contributed by atoms with Crippen LogP contribution in [0.3, 0.4) is 0 Å². The van der Waals surface area contributed by atoms with Crippen molar-refractivity contribution in [1.82, 2.24) is 14.7 Å². The van der Waals surface area contributed by atoms with Gasteiger partial charge in [0.05, 0.1) is 11.2 Å². The molecule has 0 bridgehead atoms. The van der Waals surface area contributed by atoms with Crippen molar-refractivity contribution in [3.05, 3.63) is 39.3 Å². The van der Waals surface area contributed by atoms with E-state index >= 15 is 0 Å². The molecule has 19 heavy (non-hydrogen) atoms. The van der Waals surface area contributed by atoms with Gasteiger partial charge in [0.1, 0.15) is 10.5 Å². The molecular formula is C12H11N3O2S2. The Kier molecular flexibility index (Phi) is 3.16. The number of thioether (sulfide) groups is 1. The lowest BCUT2D eigenvalue weighted by Crippen LogP contribution is -2.18. The van der Waals surface area contributed by atoms with Crippen LogP contribution in [-0.4, -0.2) is 14.7 Å². The molecule has 0 aromatic carbocycles. The maximum atomic E-state index is 12.1. The third kappa shape index (κ3) is 2.31. The van der Waals surface area contributed by atoms with Gasteiger partial charge in [0.25, 0.3) is 5.56 Å². The second-order valence-corrected chi connectivity index (χ2v) is 5.97. The van der Waals surface area contributed by atoms with Crippen LogP contribution in [0, 0.1) is 6.92 Å². The van der Waals surface area contributed by atoms with E-state index in [2.05, 4.69) is 10.1 Å². The van der Waals surface area contributed by atoms with Crippen LogP contribution in [0.15, 0.2) is 32.0 Å². The second kappa shape index (κ2) is 4.82. The van der Waals surface area contributed by atoms with Crippen LogP contribution in [0.4, 0.5) is 0 Å². The molecule has 0 saturated heterocycles. The molecule has 0 unspecified atom stereocenters. The Morgan fingerprint density at radius 1 is 1.53 bits per heavy atom. The lowest BCUT2D eigenvalue weighted by Gasteiger charge is -2.05. The Labute approximate surface area is 117 Å². The Balaban J connectivity index is 1.92. The third-order valence-electron chi connectivity index (χ3n) is 2.67. The highest BCUT2D eigenvalue weighted by molar-refractivity contribution is 7.98. The van der Waals surface area contributed by atoms with Crippen molar-refractivity contribution in [2.75, 3.05) is 0 Å². The first-order valence-electron chi connectivity index (χ1n) is 5.64. The fourth-order valence-electron chi connectivity index (χ4n) is 1.72. The molecule has 0 N–H and O–H groups in total.